The Morgan fingerprint density at radius 2 is 1.74 bits per heavy atom. The van der Waals surface area contributed by atoms with Crippen molar-refractivity contribution in [2.24, 2.45) is 0 Å². The average molecular weight is 303 g/mol. The van der Waals surface area contributed by atoms with Crippen LogP contribution in [-0.2, 0) is 0 Å². The fraction of sp³-hybridized carbons (Fsp3) is 0.182. The third-order valence-corrected chi connectivity index (χ3v) is 3.78. The van der Waals surface area contributed by atoms with Crippen molar-refractivity contribution >= 4 is 23.1 Å². The summed E-state index contributed by atoms with van der Waals surface area (Å²) in [4.78, 5) is 0. The Hall–Kier alpha value is -2.54. The second-order valence-electron chi connectivity index (χ2n) is 5.18. The Balaban J connectivity index is 0.000000924. The smallest absolute Gasteiger partial charge is 0.0540 e. The van der Waals surface area contributed by atoms with E-state index in [1.807, 2.05) is 19.9 Å². The number of nitrogens with zero attached hydrogens (tertiary/aromatic N) is 1. The molecular formula is C22H25N. The molecule has 0 unspecified atom stereocenters. The second kappa shape index (κ2) is 7.64. The van der Waals surface area contributed by atoms with Gasteiger partial charge in [0.2, 0.25) is 0 Å². The van der Waals surface area contributed by atoms with E-state index in [1.165, 1.54) is 32.7 Å². The molecule has 23 heavy (non-hydrogen) atoms. The molecule has 0 spiro atoms. The first-order valence-corrected chi connectivity index (χ1v) is 8.22. The molecule has 0 fully saturated rings. The molecule has 1 aromatic heterocycles. The van der Waals surface area contributed by atoms with Gasteiger partial charge in [0, 0.05) is 16.3 Å². The zero-order valence-electron chi connectivity index (χ0n) is 14.5. The van der Waals surface area contributed by atoms with Crippen LogP contribution in [0.25, 0.3) is 28.7 Å². The van der Waals surface area contributed by atoms with Gasteiger partial charge in [-0.3, -0.25) is 0 Å². The van der Waals surface area contributed by atoms with E-state index < -0.39 is 0 Å². The van der Waals surface area contributed by atoms with Crippen LogP contribution in [0.4, 0.5) is 0 Å². The summed E-state index contributed by atoms with van der Waals surface area (Å²) in [6, 6.07) is 17.1. The molecule has 1 nitrogen and oxygen atoms in total. The van der Waals surface area contributed by atoms with Crippen molar-refractivity contribution in [2.45, 2.75) is 27.7 Å². The minimum absolute atomic E-state index is 1.18. The predicted molar refractivity (Wildman–Crippen MR) is 103 cm³/mol. The highest BCUT2D eigenvalue weighted by molar-refractivity contribution is 5.84. The molecule has 0 aliphatic rings. The first-order valence-electron chi connectivity index (χ1n) is 8.22. The number of aromatic nitrogens is 1. The molecule has 2 aromatic carbocycles. The molecule has 0 atom stereocenters. The van der Waals surface area contributed by atoms with Crippen LogP contribution < -0.4 is 10.6 Å². The van der Waals surface area contributed by atoms with Crippen LogP contribution in [0.1, 0.15) is 26.3 Å². The highest BCUT2D eigenvalue weighted by Crippen LogP contribution is 2.15. The van der Waals surface area contributed by atoms with E-state index in [2.05, 4.69) is 85.7 Å². The van der Waals surface area contributed by atoms with E-state index in [0.29, 0.717) is 0 Å². The van der Waals surface area contributed by atoms with Gasteiger partial charge in [0.1, 0.15) is 0 Å². The largest absolute Gasteiger partial charge is 0.309 e. The number of hydrogen-bond acceptors (Lipinski definition) is 0. The van der Waals surface area contributed by atoms with Gasteiger partial charge < -0.3 is 4.57 Å². The first-order chi connectivity index (χ1) is 11.3. The quantitative estimate of drug-likeness (QED) is 0.645. The third kappa shape index (κ3) is 3.14. The molecule has 3 aromatic rings. The lowest BCUT2D eigenvalue weighted by molar-refractivity contribution is 1.07. The van der Waals surface area contributed by atoms with Gasteiger partial charge in [0.25, 0.3) is 0 Å². The van der Waals surface area contributed by atoms with E-state index in [0.717, 1.165) is 0 Å². The molecule has 118 valence electrons. The molecule has 1 heteroatoms. The van der Waals surface area contributed by atoms with Gasteiger partial charge in [-0.2, -0.15) is 0 Å². The monoisotopic (exact) mass is 303 g/mol. The van der Waals surface area contributed by atoms with Gasteiger partial charge >= 0.3 is 0 Å². The maximum atomic E-state index is 3.87. The molecule has 1 heterocycles. The molecule has 0 amide bonds. The number of rotatable bonds is 2. The Labute approximate surface area is 138 Å². The Morgan fingerprint density at radius 3 is 2.39 bits per heavy atom. The Morgan fingerprint density at radius 1 is 1.00 bits per heavy atom. The van der Waals surface area contributed by atoms with Crippen molar-refractivity contribution in [1.82, 2.24) is 4.57 Å². The Bertz CT molecular complexity index is 926. The summed E-state index contributed by atoms with van der Waals surface area (Å²) in [5.74, 6) is 0. The highest BCUT2D eigenvalue weighted by Gasteiger charge is 2.08. The lowest BCUT2D eigenvalue weighted by Crippen LogP contribution is -2.27. The summed E-state index contributed by atoms with van der Waals surface area (Å²) in [5.41, 5.74) is 3.67. The van der Waals surface area contributed by atoms with E-state index in [9.17, 15) is 0 Å². The first kappa shape index (κ1) is 16.8. The molecule has 3 rings (SSSR count). The second-order valence-corrected chi connectivity index (χ2v) is 5.18. The topological polar surface area (TPSA) is 4.93 Å². The standard InChI is InChI=1S/C20H19N.C2H6/c1-4-9-19-17(5-2)18-12-6-7-13-20(18)21(19)16-11-8-10-15(3)14-16;1-2/h4-14H,1H2,2-3H3;1-2H3/b17-5-,19-9+;. The molecule has 0 saturated heterocycles. The zero-order valence-corrected chi connectivity index (χ0v) is 14.5. The fourth-order valence-electron chi connectivity index (χ4n) is 2.91. The fourth-order valence-corrected chi connectivity index (χ4v) is 2.91. The molecule has 0 N–H and O–H groups in total. The van der Waals surface area contributed by atoms with Crippen LogP contribution >= 0.6 is 0 Å². The summed E-state index contributed by atoms with van der Waals surface area (Å²) in [7, 11) is 0. The number of hydrogen-bond donors (Lipinski definition) is 0. The molecule has 0 bridgehead atoms. The van der Waals surface area contributed by atoms with Crippen LogP contribution in [0.5, 0.6) is 0 Å². The van der Waals surface area contributed by atoms with Gasteiger partial charge in [-0.05, 0) is 43.7 Å². The lowest BCUT2D eigenvalue weighted by Gasteiger charge is -2.07. The van der Waals surface area contributed by atoms with Gasteiger partial charge in [0.15, 0.2) is 0 Å². The van der Waals surface area contributed by atoms with Gasteiger partial charge in [-0.25, -0.2) is 0 Å². The minimum atomic E-state index is 1.18. The summed E-state index contributed by atoms with van der Waals surface area (Å²) in [6.07, 6.45) is 6.11. The number of para-hydroxylation sites is 1. The third-order valence-electron chi connectivity index (χ3n) is 3.78. The maximum absolute atomic E-state index is 3.87. The normalized spacial score (nSPS) is 12.2. The van der Waals surface area contributed by atoms with Crippen LogP contribution in [-0.4, -0.2) is 4.57 Å². The molecule has 0 saturated carbocycles. The van der Waals surface area contributed by atoms with E-state index in [1.54, 1.807) is 0 Å². The van der Waals surface area contributed by atoms with E-state index in [4.69, 9.17) is 0 Å². The maximum Gasteiger partial charge on any atom is 0.0540 e. The van der Waals surface area contributed by atoms with Crippen LogP contribution in [0.3, 0.4) is 0 Å². The molecule has 0 aliphatic heterocycles. The van der Waals surface area contributed by atoms with E-state index >= 15 is 0 Å². The predicted octanol–water partition coefficient (Wildman–Crippen LogP) is 4.73. The number of allylic oxidation sites excluding steroid dienone is 1. The zero-order chi connectivity index (χ0) is 16.8. The number of fused-ring (bicyclic) bond motifs is 1. The summed E-state index contributed by atoms with van der Waals surface area (Å²) in [6.45, 7) is 12.1. The Kier molecular flexibility index (Phi) is 5.59. The van der Waals surface area contributed by atoms with Crippen LogP contribution in [0.15, 0.2) is 61.2 Å². The number of aryl methyl sites for hydroxylation is 1. The van der Waals surface area contributed by atoms with Crippen molar-refractivity contribution in [1.29, 1.82) is 0 Å². The molecular weight excluding hydrogens is 278 g/mol. The van der Waals surface area contributed by atoms with Crippen molar-refractivity contribution in [3.8, 4) is 5.69 Å². The van der Waals surface area contributed by atoms with Crippen molar-refractivity contribution in [3.05, 3.63) is 77.3 Å². The minimum Gasteiger partial charge on any atom is -0.309 e. The van der Waals surface area contributed by atoms with Gasteiger partial charge in [-0.1, -0.05) is 62.9 Å². The lowest BCUT2D eigenvalue weighted by atomic mass is 10.2. The van der Waals surface area contributed by atoms with E-state index in [-0.39, 0.29) is 0 Å². The molecule has 0 radical (unpaired) electrons. The van der Waals surface area contributed by atoms with Crippen LogP contribution in [0, 0.1) is 6.92 Å². The SMILES string of the molecule is C=C/C=c1\c(=C/C)c2ccccc2n1-c1cccc(C)c1.CC. The van der Waals surface area contributed by atoms with Crippen molar-refractivity contribution < 1.29 is 0 Å². The van der Waals surface area contributed by atoms with Crippen LogP contribution in [0.2, 0.25) is 0 Å². The van der Waals surface area contributed by atoms with Gasteiger partial charge in [0.05, 0.1) is 10.9 Å². The molecule has 0 aliphatic carbocycles. The van der Waals surface area contributed by atoms with Gasteiger partial charge in [-0.15, -0.1) is 0 Å². The van der Waals surface area contributed by atoms with Crippen molar-refractivity contribution in [2.75, 3.05) is 0 Å². The highest BCUT2D eigenvalue weighted by atomic mass is 15.0. The average Bonchev–Trinajstić information content (AvgIpc) is 2.90. The summed E-state index contributed by atoms with van der Waals surface area (Å²) < 4.78 is 2.30. The van der Waals surface area contributed by atoms with Crippen molar-refractivity contribution in [3.63, 3.8) is 0 Å². The summed E-state index contributed by atoms with van der Waals surface area (Å²) in [5, 5.41) is 3.71. The summed E-state index contributed by atoms with van der Waals surface area (Å²) >= 11 is 0. The number of benzene rings is 2.